The molecule has 0 N–H and O–H groups in total. The van der Waals surface area contributed by atoms with Crippen molar-refractivity contribution in [2.24, 2.45) is 5.92 Å². The summed E-state index contributed by atoms with van der Waals surface area (Å²) in [6.45, 7) is 1.72. The summed E-state index contributed by atoms with van der Waals surface area (Å²) < 4.78 is 36.0. The smallest absolute Gasteiger partial charge is 0.303 e. The van der Waals surface area contributed by atoms with Crippen LogP contribution in [-0.4, -0.2) is 36.6 Å². The first-order valence-corrected chi connectivity index (χ1v) is 5.90. The van der Waals surface area contributed by atoms with Crippen LogP contribution in [0, 0.1) is 5.92 Å². The molecule has 1 unspecified atom stereocenters. The molecule has 15 heavy (non-hydrogen) atoms. The SMILES string of the molecule is FC(F)(F)CCN1CCCC(CCCl)C1. The number of rotatable bonds is 4. The van der Waals surface area contributed by atoms with Crippen LogP contribution in [0.1, 0.15) is 25.7 Å². The highest BCUT2D eigenvalue weighted by atomic mass is 35.5. The zero-order valence-corrected chi connectivity index (χ0v) is 9.45. The first kappa shape index (κ1) is 13.1. The first-order chi connectivity index (χ1) is 7.01. The highest BCUT2D eigenvalue weighted by Crippen LogP contribution is 2.23. The molecule has 0 spiro atoms. The fourth-order valence-corrected chi connectivity index (χ4v) is 2.34. The third-order valence-electron chi connectivity index (χ3n) is 2.83. The maximum atomic E-state index is 12.0. The molecular weight excluding hydrogens is 227 g/mol. The molecular formula is C10H17ClF3N. The average molecular weight is 244 g/mol. The van der Waals surface area contributed by atoms with E-state index in [2.05, 4.69) is 0 Å². The Morgan fingerprint density at radius 1 is 1.33 bits per heavy atom. The summed E-state index contributed by atoms with van der Waals surface area (Å²) in [6, 6.07) is 0. The lowest BCUT2D eigenvalue weighted by molar-refractivity contribution is -0.138. The molecule has 1 saturated heterocycles. The van der Waals surface area contributed by atoms with Crippen molar-refractivity contribution >= 4 is 11.6 Å². The Kier molecular flexibility index (Phi) is 5.19. The summed E-state index contributed by atoms with van der Waals surface area (Å²) in [5.74, 6) is 1.10. The molecule has 0 aromatic rings. The van der Waals surface area contributed by atoms with Gasteiger partial charge in [-0.2, -0.15) is 13.2 Å². The van der Waals surface area contributed by atoms with Crippen molar-refractivity contribution in [1.29, 1.82) is 0 Å². The van der Waals surface area contributed by atoms with Crippen LogP contribution in [0.4, 0.5) is 13.2 Å². The third-order valence-corrected chi connectivity index (χ3v) is 3.05. The molecule has 1 fully saturated rings. The van der Waals surface area contributed by atoms with E-state index in [4.69, 9.17) is 11.6 Å². The number of hydrogen-bond donors (Lipinski definition) is 0. The summed E-state index contributed by atoms with van der Waals surface area (Å²) in [7, 11) is 0. The lowest BCUT2D eigenvalue weighted by Crippen LogP contribution is -2.37. The summed E-state index contributed by atoms with van der Waals surface area (Å²) in [5, 5.41) is 0. The van der Waals surface area contributed by atoms with Gasteiger partial charge in [0.25, 0.3) is 0 Å². The Morgan fingerprint density at radius 3 is 2.67 bits per heavy atom. The number of hydrogen-bond acceptors (Lipinski definition) is 1. The number of nitrogens with zero attached hydrogens (tertiary/aromatic N) is 1. The van der Waals surface area contributed by atoms with E-state index in [1.54, 1.807) is 0 Å². The van der Waals surface area contributed by atoms with Gasteiger partial charge in [0.05, 0.1) is 6.42 Å². The van der Waals surface area contributed by atoms with E-state index in [9.17, 15) is 13.2 Å². The molecule has 0 aromatic carbocycles. The van der Waals surface area contributed by atoms with Gasteiger partial charge in [-0.05, 0) is 31.7 Å². The first-order valence-electron chi connectivity index (χ1n) is 5.36. The molecule has 1 nitrogen and oxygen atoms in total. The molecule has 0 aromatic heterocycles. The van der Waals surface area contributed by atoms with Gasteiger partial charge in [0.2, 0.25) is 0 Å². The van der Waals surface area contributed by atoms with Crippen molar-refractivity contribution in [3.05, 3.63) is 0 Å². The van der Waals surface area contributed by atoms with E-state index < -0.39 is 12.6 Å². The van der Waals surface area contributed by atoms with Gasteiger partial charge in [0, 0.05) is 19.0 Å². The second-order valence-corrected chi connectivity index (χ2v) is 4.53. The Hall–Kier alpha value is 0.0400. The molecule has 5 heteroatoms. The standard InChI is InChI=1S/C10H17ClF3N/c11-5-3-9-2-1-6-15(8-9)7-4-10(12,13)14/h9H,1-8H2. The lowest BCUT2D eigenvalue weighted by Gasteiger charge is -2.32. The molecule has 1 atom stereocenters. The van der Waals surface area contributed by atoms with Crippen molar-refractivity contribution in [2.45, 2.75) is 31.9 Å². The van der Waals surface area contributed by atoms with Gasteiger partial charge >= 0.3 is 6.18 Å². The summed E-state index contributed by atoms with van der Waals surface area (Å²) in [6.07, 6.45) is -1.70. The highest BCUT2D eigenvalue weighted by molar-refractivity contribution is 6.17. The van der Waals surface area contributed by atoms with Crippen LogP contribution in [0.3, 0.4) is 0 Å². The zero-order chi connectivity index (χ0) is 11.3. The van der Waals surface area contributed by atoms with Crippen LogP contribution >= 0.6 is 11.6 Å². The number of piperidine rings is 1. The van der Waals surface area contributed by atoms with Crippen LogP contribution in [0.2, 0.25) is 0 Å². The summed E-state index contributed by atoms with van der Waals surface area (Å²) in [5.41, 5.74) is 0. The van der Waals surface area contributed by atoms with E-state index in [-0.39, 0.29) is 6.54 Å². The van der Waals surface area contributed by atoms with E-state index in [0.717, 1.165) is 32.4 Å². The molecule has 90 valence electrons. The molecule has 0 bridgehead atoms. The van der Waals surface area contributed by atoms with Gasteiger partial charge in [-0.15, -0.1) is 11.6 Å². The maximum Gasteiger partial charge on any atom is 0.390 e. The second kappa shape index (κ2) is 5.94. The predicted octanol–water partition coefficient (Wildman–Crippen LogP) is 3.28. The lowest BCUT2D eigenvalue weighted by atomic mass is 9.95. The average Bonchev–Trinajstić information content (AvgIpc) is 2.15. The molecule has 1 heterocycles. The highest BCUT2D eigenvalue weighted by Gasteiger charge is 2.29. The minimum absolute atomic E-state index is 0.141. The summed E-state index contributed by atoms with van der Waals surface area (Å²) >= 11 is 5.63. The monoisotopic (exact) mass is 243 g/mol. The van der Waals surface area contributed by atoms with Crippen LogP contribution in [-0.2, 0) is 0 Å². The van der Waals surface area contributed by atoms with Crippen LogP contribution < -0.4 is 0 Å². The van der Waals surface area contributed by atoms with E-state index in [1.165, 1.54) is 0 Å². The topological polar surface area (TPSA) is 3.24 Å². The van der Waals surface area contributed by atoms with Gasteiger partial charge < -0.3 is 4.90 Å². The molecule has 0 aliphatic carbocycles. The quantitative estimate of drug-likeness (QED) is 0.685. The van der Waals surface area contributed by atoms with E-state index in [0.29, 0.717) is 11.8 Å². The third kappa shape index (κ3) is 5.61. The van der Waals surface area contributed by atoms with E-state index in [1.807, 2.05) is 4.90 Å². The fourth-order valence-electron chi connectivity index (χ4n) is 2.03. The van der Waals surface area contributed by atoms with Gasteiger partial charge in [-0.1, -0.05) is 0 Å². The molecule has 0 radical (unpaired) electrons. The molecule has 0 amide bonds. The Morgan fingerprint density at radius 2 is 2.07 bits per heavy atom. The Labute approximate surface area is 93.6 Å². The zero-order valence-electron chi connectivity index (χ0n) is 8.69. The molecule has 1 rings (SSSR count). The number of halogens is 4. The van der Waals surface area contributed by atoms with Crippen molar-refractivity contribution in [3.8, 4) is 0 Å². The van der Waals surface area contributed by atoms with Crippen molar-refractivity contribution in [2.75, 3.05) is 25.5 Å². The van der Waals surface area contributed by atoms with Crippen LogP contribution in [0.5, 0.6) is 0 Å². The Bertz CT molecular complexity index is 182. The van der Waals surface area contributed by atoms with Gasteiger partial charge in [-0.25, -0.2) is 0 Å². The van der Waals surface area contributed by atoms with Crippen molar-refractivity contribution in [1.82, 2.24) is 4.90 Å². The van der Waals surface area contributed by atoms with Crippen LogP contribution in [0.15, 0.2) is 0 Å². The molecule has 0 saturated carbocycles. The largest absolute Gasteiger partial charge is 0.390 e. The normalized spacial score (nSPS) is 24.4. The Balaban J connectivity index is 2.24. The second-order valence-electron chi connectivity index (χ2n) is 4.15. The van der Waals surface area contributed by atoms with Crippen molar-refractivity contribution < 1.29 is 13.2 Å². The molecule has 1 aliphatic heterocycles. The van der Waals surface area contributed by atoms with Gasteiger partial charge in [-0.3, -0.25) is 0 Å². The van der Waals surface area contributed by atoms with E-state index >= 15 is 0 Å². The van der Waals surface area contributed by atoms with Crippen molar-refractivity contribution in [3.63, 3.8) is 0 Å². The van der Waals surface area contributed by atoms with Gasteiger partial charge in [0.1, 0.15) is 0 Å². The van der Waals surface area contributed by atoms with Gasteiger partial charge in [0.15, 0.2) is 0 Å². The summed E-state index contributed by atoms with van der Waals surface area (Å²) in [4.78, 5) is 1.91. The fraction of sp³-hybridized carbons (Fsp3) is 1.00. The maximum absolute atomic E-state index is 12.0. The minimum Gasteiger partial charge on any atom is -0.303 e. The van der Waals surface area contributed by atoms with Crippen LogP contribution in [0.25, 0.3) is 0 Å². The number of alkyl halides is 4. The molecule has 1 aliphatic rings. The minimum atomic E-state index is -4.03. The number of likely N-dealkylation sites (tertiary alicyclic amines) is 1. The predicted molar refractivity (Wildman–Crippen MR) is 55.2 cm³/mol.